The van der Waals surface area contributed by atoms with E-state index in [1.165, 1.54) is 16.8 Å². The van der Waals surface area contributed by atoms with Gasteiger partial charge in [-0.2, -0.15) is 0 Å². The van der Waals surface area contributed by atoms with Crippen molar-refractivity contribution in [1.82, 2.24) is 14.5 Å². The molecule has 1 aliphatic rings. The van der Waals surface area contributed by atoms with Crippen molar-refractivity contribution in [3.8, 4) is 0 Å². The normalized spacial score (nSPS) is 17.7. The van der Waals surface area contributed by atoms with E-state index in [0.29, 0.717) is 12.6 Å². The van der Waals surface area contributed by atoms with E-state index in [1.54, 1.807) is 0 Å². The van der Waals surface area contributed by atoms with E-state index >= 15 is 0 Å². The van der Waals surface area contributed by atoms with Crippen LogP contribution in [0.1, 0.15) is 23.6 Å². The number of hydrogen-bond donors (Lipinski definition) is 1. The van der Waals surface area contributed by atoms with E-state index in [1.807, 2.05) is 18.7 Å². The lowest BCUT2D eigenvalue weighted by molar-refractivity contribution is 0.213. The minimum Gasteiger partial charge on any atom is -0.378 e. The van der Waals surface area contributed by atoms with Crippen LogP contribution in [0.5, 0.6) is 0 Å². The first-order valence-corrected chi connectivity index (χ1v) is 7.89. The summed E-state index contributed by atoms with van der Waals surface area (Å²) in [7, 11) is 4.16. The standard InChI is InChI=1S/C17H25N5/c1-20(2)15-5-4-14-12-22(17(11-18)16(14)10-15)8-3-7-21-9-6-19-13-21/h4-6,9-10,13,17H,3,7-8,11-12,18H2,1-2H3. The van der Waals surface area contributed by atoms with Crippen LogP contribution in [-0.2, 0) is 13.1 Å². The van der Waals surface area contributed by atoms with Crippen molar-refractivity contribution in [2.45, 2.75) is 25.6 Å². The number of aryl methyl sites for hydroxylation is 1. The molecule has 0 fully saturated rings. The van der Waals surface area contributed by atoms with E-state index in [0.717, 1.165) is 26.1 Å². The summed E-state index contributed by atoms with van der Waals surface area (Å²) < 4.78 is 2.13. The van der Waals surface area contributed by atoms with E-state index in [-0.39, 0.29) is 0 Å². The third-order valence-corrected chi connectivity index (χ3v) is 4.46. The van der Waals surface area contributed by atoms with Gasteiger partial charge < -0.3 is 15.2 Å². The van der Waals surface area contributed by atoms with Gasteiger partial charge in [-0.1, -0.05) is 6.07 Å². The number of anilines is 1. The average Bonchev–Trinajstić information content (AvgIpc) is 3.13. The van der Waals surface area contributed by atoms with Crippen molar-refractivity contribution in [2.24, 2.45) is 5.73 Å². The smallest absolute Gasteiger partial charge is 0.0945 e. The second-order valence-corrected chi connectivity index (χ2v) is 6.15. The number of aromatic nitrogens is 2. The van der Waals surface area contributed by atoms with Gasteiger partial charge in [-0.3, -0.25) is 4.90 Å². The van der Waals surface area contributed by atoms with E-state index < -0.39 is 0 Å². The molecule has 1 aliphatic heterocycles. The molecule has 0 amide bonds. The van der Waals surface area contributed by atoms with Crippen LogP contribution in [0.2, 0.25) is 0 Å². The number of rotatable bonds is 6. The highest BCUT2D eigenvalue weighted by molar-refractivity contribution is 5.52. The molecule has 2 heterocycles. The summed E-state index contributed by atoms with van der Waals surface area (Å²) in [5, 5.41) is 0. The van der Waals surface area contributed by atoms with Crippen LogP contribution < -0.4 is 10.6 Å². The predicted molar refractivity (Wildman–Crippen MR) is 89.8 cm³/mol. The first kappa shape index (κ1) is 15.1. The Morgan fingerprint density at radius 2 is 2.18 bits per heavy atom. The number of fused-ring (bicyclic) bond motifs is 1. The third kappa shape index (κ3) is 3.00. The summed E-state index contributed by atoms with van der Waals surface area (Å²) in [5.41, 5.74) is 10.1. The van der Waals surface area contributed by atoms with Crippen molar-refractivity contribution >= 4 is 5.69 Å². The minimum atomic E-state index is 0.345. The number of hydrogen-bond acceptors (Lipinski definition) is 4. The van der Waals surface area contributed by atoms with Gasteiger partial charge in [-0.05, 0) is 29.7 Å². The SMILES string of the molecule is CN(C)c1ccc2c(c1)C(CN)N(CCCn1ccnc1)C2. The molecule has 3 rings (SSSR count). The fourth-order valence-corrected chi connectivity index (χ4v) is 3.23. The number of nitrogens with two attached hydrogens (primary N) is 1. The molecule has 22 heavy (non-hydrogen) atoms. The molecule has 1 aromatic heterocycles. The van der Waals surface area contributed by atoms with E-state index in [9.17, 15) is 0 Å². The molecule has 0 saturated heterocycles. The Balaban J connectivity index is 1.66. The molecular formula is C17H25N5. The van der Waals surface area contributed by atoms with Gasteiger partial charge in [0.05, 0.1) is 6.33 Å². The van der Waals surface area contributed by atoms with Crippen molar-refractivity contribution < 1.29 is 0 Å². The number of imidazole rings is 1. The highest BCUT2D eigenvalue weighted by Gasteiger charge is 2.28. The minimum absolute atomic E-state index is 0.345. The zero-order valence-corrected chi connectivity index (χ0v) is 13.4. The van der Waals surface area contributed by atoms with Crippen LogP contribution in [0, 0.1) is 0 Å². The molecule has 1 unspecified atom stereocenters. The van der Waals surface area contributed by atoms with Crippen LogP contribution in [-0.4, -0.2) is 41.6 Å². The topological polar surface area (TPSA) is 50.3 Å². The van der Waals surface area contributed by atoms with Crippen LogP contribution in [0.3, 0.4) is 0 Å². The molecule has 0 bridgehead atoms. The second kappa shape index (κ2) is 6.50. The van der Waals surface area contributed by atoms with E-state index in [4.69, 9.17) is 5.73 Å². The predicted octanol–water partition coefficient (Wildman–Crippen LogP) is 1.85. The Morgan fingerprint density at radius 3 is 2.86 bits per heavy atom. The van der Waals surface area contributed by atoms with Gasteiger partial charge in [0, 0.05) is 64.4 Å². The summed E-state index contributed by atoms with van der Waals surface area (Å²) >= 11 is 0. The summed E-state index contributed by atoms with van der Waals surface area (Å²) in [6.45, 7) is 3.75. The maximum absolute atomic E-state index is 6.06. The van der Waals surface area contributed by atoms with Gasteiger partial charge in [-0.25, -0.2) is 4.98 Å². The highest BCUT2D eigenvalue weighted by atomic mass is 15.2. The molecule has 5 heteroatoms. The van der Waals surface area contributed by atoms with Crippen LogP contribution >= 0.6 is 0 Å². The third-order valence-electron chi connectivity index (χ3n) is 4.46. The highest BCUT2D eigenvalue weighted by Crippen LogP contribution is 2.35. The maximum Gasteiger partial charge on any atom is 0.0945 e. The molecule has 0 spiro atoms. The van der Waals surface area contributed by atoms with Gasteiger partial charge in [-0.15, -0.1) is 0 Å². The average molecular weight is 299 g/mol. The fourth-order valence-electron chi connectivity index (χ4n) is 3.23. The number of nitrogens with zero attached hydrogens (tertiary/aromatic N) is 4. The molecule has 2 N–H and O–H groups in total. The maximum atomic E-state index is 6.06. The van der Waals surface area contributed by atoms with E-state index in [2.05, 4.69) is 51.6 Å². The monoisotopic (exact) mass is 299 g/mol. The molecule has 118 valence electrons. The van der Waals surface area contributed by atoms with Crippen LogP contribution in [0.15, 0.2) is 36.9 Å². The second-order valence-electron chi connectivity index (χ2n) is 6.15. The van der Waals surface area contributed by atoms with Gasteiger partial charge >= 0.3 is 0 Å². The van der Waals surface area contributed by atoms with Gasteiger partial charge in [0.15, 0.2) is 0 Å². The lowest BCUT2D eigenvalue weighted by atomic mass is 10.0. The lowest BCUT2D eigenvalue weighted by Crippen LogP contribution is -2.29. The zero-order valence-electron chi connectivity index (χ0n) is 13.4. The Labute approximate surface area is 132 Å². The summed E-state index contributed by atoms with van der Waals surface area (Å²) in [6, 6.07) is 7.09. The largest absolute Gasteiger partial charge is 0.378 e. The van der Waals surface area contributed by atoms with Crippen molar-refractivity contribution in [2.75, 3.05) is 32.1 Å². The first-order chi connectivity index (χ1) is 10.7. The Kier molecular flexibility index (Phi) is 4.45. The zero-order chi connectivity index (χ0) is 15.5. The summed E-state index contributed by atoms with van der Waals surface area (Å²) in [4.78, 5) is 8.74. The summed E-state index contributed by atoms with van der Waals surface area (Å²) in [5.74, 6) is 0. The summed E-state index contributed by atoms with van der Waals surface area (Å²) in [6.07, 6.45) is 6.84. The Morgan fingerprint density at radius 1 is 1.32 bits per heavy atom. The molecule has 0 saturated carbocycles. The quantitative estimate of drug-likeness (QED) is 0.884. The lowest BCUT2D eigenvalue weighted by Gasteiger charge is -2.24. The fraction of sp³-hybridized carbons (Fsp3) is 0.471. The molecule has 2 aromatic rings. The molecule has 1 aromatic carbocycles. The van der Waals surface area contributed by atoms with Crippen molar-refractivity contribution in [1.29, 1.82) is 0 Å². The number of benzene rings is 1. The van der Waals surface area contributed by atoms with Crippen LogP contribution in [0.4, 0.5) is 5.69 Å². The van der Waals surface area contributed by atoms with Crippen molar-refractivity contribution in [3.05, 3.63) is 48.0 Å². The molecule has 1 atom stereocenters. The van der Waals surface area contributed by atoms with Crippen LogP contribution in [0.25, 0.3) is 0 Å². The van der Waals surface area contributed by atoms with Gasteiger partial charge in [0.2, 0.25) is 0 Å². The first-order valence-electron chi connectivity index (χ1n) is 7.89. The Bertz CT molecular complexity index is 606. The van der Waals surface area contributed by atoms with Crippen molar-refractivity contribution in [3.63, 3.8) is 0 Å². The van der Waals surface area contributed by atoms with Gasteiger partial charge in [0.25, 0.3) is 0 Å². The molecule has 0 aliphatic carbocycles. The molecule has 5 nitrogen and oxygen atoms in total. The Hall–Kier alpha value is -1.85. The molecule has 0 radical (unpaired) electrons. The molecular weight excluding hydrogens is 274 g/mol. The van der Waals surface area contributed by atoms with Gasteiger partial charge in [0.1, 0.15) is 0 Å².